The number of amides is 1. The molecule has 3 nitrogen and oxygen atoms in total. The molecule has 0 N–H and O–H groups in total. The third-order valence-corrected chi connectivity index (χ3v) is 2.89. The zero-order valence-electron chi connectivity index (χ0n) is 11.4. The Hall–Kier alpha value is -1.35. The van der Waals surface area contributed by atoms with E-state index >= 15 is 0 Å². The molecule has 1 amide bonds. The van der Waals surface area contributed by atoms with Gasteiger partial charge in [0.2, 0.25) is 0 Å². The summed E-state index contributed by atoms with van der Waals surface area (Å²) in [5.74, 6) is 0.0280. The van der Waals surface area contributed by atoms with Gasteiger partial charge in [0.05, 0.1) is 12.8 Å². The van der Waals surface area contributed by atoms with E-state index in [1.807, 2.05) is 30.3 Å². The van der Waals surface area contributed by atoms with Gasteiger partial charge in [-0.25, -0.2) is 0 Å². The van der Waals surface area contributed by atoms with Gasteiger partial charge < -0.3 is 0 Å². The number of hydrogen-bond acceptors (Lipinski definition) is 2. The monoisotopic (exact) mass is 249 g/mol. The number of benzene rings is 1. The van der Waals surface area contributed by atoms with Gasteiger partial charge in [0.25, 0.3) is 5.91 Å². The molecule has 0 saturated heterocycles. The van der Waals surface area contributed by atoms with Crippen molar-refractivity contribution in [1.29, 1.82) is 0 Å². The van der Waals surface area contributed by atoms with Crippen LogP contribution in [0, 0.1) is 0 Å². The molecule has 1 aromatic carbocycles. The van der Waals surface area contributed by atoms with E-state index in [1.54, 1.807) is 0 Å². The highest BCUT2D eigenvalue weighted by Gasteiger charge is 2.14. The van der Waals surface area contributed by atoms with Crippen molar-refractivity contribution in [2.45, 2.75) is 45.4 Å². The van der Waals surface area contributed by atoms with Crippen LogP contribution in [-0.2, 0) is 9.63 Å². The Morgan fingerprint density at radius 2 is 1.78 bits per heavy atom. The lowest BCUT2D eigenvalue weighted by Gasteiger charge is -2.19. The second-order valence-electron chi connectivity index (χ2n) is 4.37. The summed E-state index contributed by atoms with van der Waals surface area (Å²) in [6.45, 7) is 2.19. The Balaban J connectivity index is 2.39. The lowest BCUT2D eigenvalue weighted by atomic mass is 10.1. The summed E-state index contributed by atoms with van der Waals surface area (Å²) < 4.78 is 0. The highest BCUT2D eigenvalue weighted by molar-refractivity contribution is 5.91. The molecule has 0 aliphatic heterocycles. The average molecular weight is 249 g/mol. The molecule has 0 aliphatic rings. The van der Waals surface area contributed by atoms with E-state index in [1.165, 1.54) is 31.4 Å². The molecule has 0 atom stereocenters. The topological polar surface area (TPSA) is 29.5 Å². The fourth-order valence-corrected chi connectivity index (χ4v) is 1.90. The summed E-state index contributed by atoms with van der Waals surface area (Å²) in [7, 11) is 1.53. The maximum Gasteiger partial charge on any atom is 0.250 e. The second kappa shape index (κ2) is 8.70. The van der Waals surface area contributed by atoms with Crippen LogP contribution in [0.25, 0.3) is 0 Å². The van der Waals surface area contributed by atoms with E-state index in [0.717, 1.165) is 18.5 Å². The van der Waals surface area contributed by atoms with Crippen LogP contribution in [0.3, 0.4) is 0 Å². The van der Waals surface area contributed by atoms with Crippen LogP contribution >= 0.6 is 0 Å². The standard InChI is InChI=1S/C15H23NO2/c1-3-4-5-6-10-13-15(17)16(18-2)14-11-8-7-9-12-14/h7-9,11-12H,3-6,10,13H2,1-2H3. The number of nitrogens with zero attached hydrogens (tertiary/aromatic N) is 1. The van der Waals surface area contributed by atoms with Crippen LogP contribution in [0.15, 0.2) is 30.3 Å². The number of hydrogen-bond donors (Lipinski definition) is 0. The van der Waals surface area contributed by atoms with E-state index in [2.05, 4.69) is 6.92 Å². The highest BCUT2D eigenvalue weighted by atomic mass is 16.7. The Morgan fingerprint density at radius 3 is 2.39 bits per heavy atom. The van der Waals surface area contributed by atoms with Crippen molar-refractivity contribution in [3.05, 3.63) is 30.3 Å². The maximum absolute atomic E-state index is 12.0. The molecule has 0 bridgehead atoms. The molecule has 0 radical (unpaired) electrons. The maximum atomic E-state index is 12.0. The lowest BCUT2D eigenvalue weighted by Crippen LogP contribution is -2.29. The van der Waals surface area contributed by atoms with Crippen LogP contribution in [0.2, 0.25) is 0 Å². The molecule has 0 fully saturated rings. The molecular weight excluding hydrogens is 226 g/mol. The van der Waals surface area contributed by atoms with Crippen LogP contribution in [-0.4, -0.2) is 13.0 Å². The first-order valence-electron chi connectivity index (χ1n) is 6.71. The van der Waals surface area contributed by atoms with Crippen molar-refractivity contribution in [3.63, 3.8) is 0 Å². The van der Waals surface area contributed by atoms with Crippen LogP contribution in [0.1, 0.15) is 45.4 Å². The van der Waals surface area contributed by atoms with Gasteiger partial charge >= 0.3 is 0 Å². The van der Waals surface area contributed by atoms with E-state index < -0.39 is 0 Å². The summed E-state index contributed by atoms with van der Waals surface area (Å²) in [6.07, 6.45) is 6.29. The van der Waals surface area contributed by atoms with Gasteiger partial charge in [-0.05, 0) is 18.6 Å². The lowest BCUT2D eigenvalue weighted by molar-refractivity contribution is -0.124. The molecule has 0 saturated carbocycles. The molecular formula is C15H23NO2. The van der Waals surface area contributed by atoms with E-state index in [0.29, 0.717) is 6.42 Å². The number of para-hydroxylation sites is 1. The minimum atomic E-state index is 0.0280. The normalized spacial score (nSPS) is 10.3. The van der Waals surface area contributed by atoms with Gasteiger partial charge in [0.15, 0.2) is 0 Å². The highest BCUT2D eigenvalue weighted by Crippen LogP contribution is 2.16. The zero-order valence-corrected chi connectivity index (χ0v) is 11.4. The Bertz CT molecular complexity index is 338. The van der Waals surface area contributed by atoms with Crippen molar-refractivity contribution < 1.29 is 9.63 Å². The third kappa shape index (κ3) is 4.88. The predicted octanol–water partition coefficient (Wildman–Crippen LogP) is 3.94. The molecule has 18 heavy (non-hydrogen) atoms. The molecule has 0 aromatic heterocycles. The Labute approximate surface area is 110 Å². The number of anilines is 1. The zero-order chi connectivity index (χ0) is 13.2. The molecule has 1 rings (SSSR count). The van der Waals surface area contributed by atoms with Gasteiger partial charge in [0, 0.05) is 6.42 Å². The van der Waals surface area contributed by atoms with Crippen molar-refractivity contribution in [3.8, 4) is 0 Å². The Morgan fingerprint density at radius 1 is 1.11 bits per heavy atom. The Kier molecular flexibility index (Phi) is 7.11. The molecule has 0 unspecified atom stereocenters. The number of unbranched alkanes of at least 4 members (excludes halogenated alkanes) is 4. The molecule has 100 valence electrons. The smallest absolute Gasteiger partial charge is 0.250 e. The average Bonchev–Trinajstić information content (AvgIpc) is 2.40. The summed E-state index contributed by atoms with van der Waals surface area (Å²) >= 11 is 0. The summed E-state index contributed by atoms with van der Waals surface area (Å²) in [5, 5.41) is 1.37. The summed E-state index contributed by atoms with van der Waals surface area (Å²) in [5.41, 5.74) is 0.790. The summed E-state index contributed by atoms with van der Waals surface area (Å²) in [6, 6.07) is 9.47. The number of rotatable bonds is 8. The molecule has 1 aromatic rings. The second-order valence-corrected chi connectivity index (χ2v) is 4.37. The minimum absolute atomic E-state index is 0.0280. The fraction of sp³-hybridized carbons (Fsp3) is 0.533. The van der Waals surface area contributed by atoms with Crippen molar-refractivity contribution in [1.82, 2.24) is 0 Å². The summed E-state index contributed by atoms with van der Waals surface area (Å²) in [4.78, 5) is 17.2. The van der Waals surface area contributed by atoms with E-state index in [9.17, 15) is 4.79 Å². The molecule has 0 heterocycles. The first kappa shape index (κ1) is 14.7. The minimum Gasteiger partial charge on any atom is -0.272 e. The number of carbonyl (C=O) groups is 1. The van der Waals surface area contributed by atoms with Crippen LogP contribution in [0.4, 0.5) is 5.69 Å². The fourth-order valence-electron chi connectivity index (χ4n) is 1.90. The van der Waals surface area contributed by atoms with Gasteiger partial charge in [-0.3, -0.25) is 9.63 Å². The van der Waals surface area contributed by atoms with Gasteiger partial charge in [0.1, 0.15) is 0 Å². The quantitative estimate of drug-likeness (QED) is 0.516. The first-order chi connectivity index (χ1) is 8.79. The van der Waals surface area contributed by atoms with Crippen LogP contribution in [0.5, 0.6) is 0 Å². The van der Waals surface area contributed by atoms with Crippen molar-refractivity contribution in [2.75, 3.05) is 12.2 Å². The predicted molar refractivity (Wildman–Crippen MR) is 74.3 cm³/mol. The molecule has 0 spiro atoms. The SMILES string of the molecule is CCCCCCCC(=O)N(OC)c1ccccc1. The first-order valence-corrected chi connectivity index (χ1v) is 6.71. The van der Waals surface area contributed by atoms with Gasteiger partial charge in [-0.15, -0.1) is 0 Å². The van der Waals surface area contributed by atoms with Crippen molar-refractivity contribution >= 4 is 11.6 Å². The van der Waals surface area contributed by atoms with E-state index in [-0.39, 0.29) is 5.91 Å². The van der Waals surface area contributed by atoms with Crippen molar-refractivity contribution in [2.24, 2.45) is 0 Å². The van der Waals surface area contributed by atoms with Crippen LogP contribution < -0.4 is 5.06 Å². The third-order valence-electron chi connectivity index (χ3n) is 2.89. The van der Waals surface area contributed by atoms with E-state index in [4.69, 9.17) is 4.84 Å². The van der Waals surface area contributed by atoms with Gasteiger partial charge in [-0.2, -0.15) is 5.06 Å². The molecule has 0 aliphatic carbocycles. The number of hydroxylamine groups is 1. The number of carbonyl (C=O) groups excluding carboxylic acids is 1. The van der Waals surface area contributed by atoms with Gasteiger partial charge in [-0.1, -0.05) is 50.8 Å². The largest absolute Gasteiger partial charge is 0.272 e. The molecule has 3 heteroatoms.